The van der Waals surface area contributed by atoms with E-state index in [-0.39, 0.29) is 18.3 Å². The number of hydrogen-bond donors (Lipinski definition) is 1. The standard InChI is InChI=1S/C13H19F2NO/c1-4-16-12(8-17-9(2)3)13-10(14)6-5-7-11(13)15/h5-7,9,12,16H,4,8H2,1-3H3. The summed E-state index contributed by atoms with van der Waals surface area (Å²) in [6, 6.07) is 3.43. The van der Waals surface area contributed by atoms with Crippen molar-refractivity contribution in [3.05, 3.63) is 35.4 Å². The van der Waals surface area contributed by atoms with Crippen molar-refractivity contribution >= 4 is 0 Å². The van der Waals surface area contributed by atoms with Crippen LogP contribution in [0.5, 0.6) is 0 Å². The molecule has 1 unspecified atom stereocenters. The highest BCUT2D eigenvalue weighted by molar-refractivity contribution is 5.23. The lowest BCUT2D eigenvalue weighted by Crippen LogP contribution is -2.28. The van der Waals surface area contributed by atoms with Gasteiger partial charge in [-0.25, -0.2) is 8.78 Å². The van der Waals surface area contributed by atoms with E-state index in [1.807, 2.05) is 20.8 Å². The highest BCUT2D eigenvalue weighted by atomic mass is 19.1. The molecule has 1 aromatic carbocycles. The highest BCUT2D eigenvalue weighted by Crippen LogP contribution is 2.21. The van der Waals surface area contributed by atoms with Crippen LogP contribution in [0, 0.1) is 11.6 Å². The third-order valence-corrected chi connectivity index (χ3v) is 2.39. The van der Waals surface area contributed by atoms with Gasteiger partial charge in [0.25, 0.3) is 0 Å². The largest absolute Gasteiger partial charge is 0.377 e. The molecule has 1 rings (SSSR count). The van der Waals surface area contributed by atoms with E-state index in [0.29, 0.717) is 6.54 Å². The molecule has 0 fully saturated rings. The van der Waals surface area contributed by atoms with Gasteiger partial charge in [-0.2, -0.15) is 0 Å². The van der Waals surface area contributed by atoms with Crippen LogP contribution in [0.2, 0.25) is 0 Å². The van der Waals surface area contributed by atoms with Crippen molar-refractivity contribution in [3.63, 3.8) is 0 Å². The average Bonchev–Trinajstić information content (AvgIpc) is 2.25. The summed E-state index contributed by atoms with van der Waals surface area (Å²) in [5.74, 6) is -1.08. The number of ether oxygens (including phenoxy) is 1. The predicted octanol–water partition coefficient (Wildman–Crippen LogP) is 3.04. The first-order valence-corrected chi connectivity index (χ1v) is 5.85. The fourth-order valence-electron chi connectivity index (χ4n) is 1.62. The summed E-state index contributed by atoms with van der Waals surface area (Å²) in [7, 11) is 0. The smallest absolute Gasteiger partial charge is 0.131 e. The maximum atomic E-state index is 13.6. The molecule has 0 aliphatic rings. The number of rotatable bonds is 6. The van der Waals surface area contributed by atoms with Crippen LogP contribution in [-0.2, 0) is 4.74 Å². The SMILES string of the molecule is CCNC(COC(C)C)c1c(F)cccc1F. The van der Waals surface area contributed by atoms with Gasteiger partial charge in [-0.1, -0.05) is 13.0 Å². The van der Waals surface area contributed by atoms with Crippen molar-refractivity contribution in [3.8, 4) is 0 Å². The fourth-order valence-corrected chi connectivity index (χ4v) is 1.62. The Morgan fingerprint density at radius 3 is 2.29 bits per heavy atom. The molecule has 2 nitrogen and oxygen atoms in total. The third-order valence-electron chi connectivity index (χ3n) is 2.39. The van der Waals surface area contributed by atoms with Crippen LogP contribution in [0.4, 0.5) is 8.78 Å². The summed E-state index contributed by atoms with van der Waals surface area (Å²) < 4.78 is 32.7. The Bertz CT molecular complexity index is 335. The lowest BCUT2D eigenvalue weighted by atomic mass is 10.1. The zero-order valence-electron chi connectivity index (χ0n) is 10.5. The van der Waals surface area contributed by atoms with Crippen molar-refractivity contribution in [2.75, 3.05) is 13.2 Å². The zero-order chi connectivity index (χ0) is 12.8. The second-order valence-corrected chi connectivity index (χ2v) is 4.13. The molecule has 0 bridgehead atoms. The van der Waals surface area contributed by atoms with Crippen molar-refractivity contribution < 1.29 is 13.5 Å². The molecule has 0 heterocycles. The van der Waals surface area contributed by atoms with Crippen LogP contribution in [0.15, 0.2) is 18.2 Å². The van der Waals surface area contributed by atoms with Gasteiger partial charge in [0.2, 0.25) is 0 Å². The minimum Gasteiger partial charge on any atom is -0.377 e. The van der Waals surface area contributed by atoms with E-state index < -0.39 is 17.7 Å². The molecule has 0 aliphatic carbocycles. The summed E-state index contributed by atoms with van der Waals surface area (Å²) in [5.41, 5.74) is 0.0509. The van der Waals surface area contributed by atoms with Crippen molar-refractivity contribution in [2.45, 2.75) is 32.9 Å². The molecular weight excluding hydrogens is 224 g/mol. The third kappa shape index (κ3) is 4.06. The molecule has 0 spiro atoms. The first-order chi connectivity index (χ1) is 8.06. The Kier molecular flexibility index (Phi) is 5.51. The molecule has 0 saturated carbocycles. The molecule has 1 N–H and O–H groups in total. The fraction of sp³-hybridized carbons (Fsp3) is 0.538. The van der Waals surface area contributed by atoms with Gasteiger partial charge in [0, 0.05) is 5.56 Å². The lowest BCUT2D eigenvalue weighted by molar-refractivity contribution is 0.0599. The Morgan fingerprint density at radius 1 is 1.24 bits per heavy atom. The molecule has 4 heteroatoms. The molecule has 0 saturated heterocycles. The molecule has 96 valence electrons. The summed E-state index contributed by atoms with van der Waals surface area (Å²) >= 11 is 0. The van der Waals surface area contributed by atoms with Gasteiger partial charge in [-0.3, -0.25) is 0 Å². The van der Waals surface area contributed by atoms with E-state index >= 15 is 0 Å². The van der Waals surface area contributed by atoms with E-state index in [0.717, 1.165) is 0 Å². The number of likely N-dealkylation sites (N-methyl/N-ethyl adjacent to an activating group) is 1. The average molecular weight is 243 g/mol. The summed E-state index contributed by atoms with van der Waals surface area (Å²) in [5, 5.41) is 3.03. The van der Waals surface area contributed by atoms with Gasteiger partial charge in [-0.15, -0.1) is 0 Å². The Labute approximate surface area is 101 Å². The van der Waals surface area contributed by atoms with Crippen molar-refractivity contribution in [1.29, 1.82) is 0 Å². The van der Waals surface area contributed by atoms with Crippen LogP contribution < -0.4 is 5.32 Å². The Balaban J connectivity index is 2.88. The molecule has 1 atom stereocenters. The molecule has 0 aliphatic heterocycles. The van der Waals surface area contributed by atoms with Crippen LogP contribution in [-0.4, -0.2) is 19.3 Å². The monoisotopic (exact) mass is 243 g/mol. The minimum absolute atomic E-state index is 0.0333. The topological polar surface area (TPSA) is 21.3 Å². The van der Waals surface area contributed by atoms with Crippen molar-refractivity contribution in [2.24, 2.45) is 0 Å². The van der Waals surface area contributed by atoms with Gasteiger partial charge in [0.05, 0.1) is 18.8 Å². The number of nitrogens with one attached hydrogen (secondary N) is 1. The molecular formula is C13H19F2NO. The Morgan fingerprint density at radius 2 is 1.82 bits per heavy atom. The van der Waals surface area contributed by atoms with E-state index in [1.165, 1.54) is 18.2 Å². The van der Waals surface area contributed by atoms with E-state index in [1.54, 1.807) is 0 Å². The van der Waals surface area contributed by atoms with Crippen LogP contribution in [0.1, 0.15) is 32.4 Å². The van der Waals surface area contributed by atoms with Crippen LogP contribution in [0.25, 0.3) is 0 Å². The molecule has 0 amide bonds. The van der Waals surface area contributed by atoms with E-state index in [4.69, 9.17) is 4.74 Å². The van der Waals surface area contributed by atoms with Gasteiger partial charge in [0.15, 0.2) is 0 Å². The second kappa shape index (κ2) is 6.67. The van der Waals surface area contributed by atoms with Gasteiger partial charge in [0.1, 0.15) is 11.6 Å². The Hall–Kier alpha value is -1.00. The number of benzene rings is 1. The van der Waals surface area contributed by atoms with Crippen LogP contribution in [0.3, 0.4) is 0 Å². The normalized spacial score (nSPS) is 13.1. The highest BCUT2D eigenvalue weighted by Gasteiger charge is 2.19. The maximum Gasteiger partial charge on any atom is 0.131 e. The minimum atomic E-state index is -0.539. The van der Waals surface area contributed by atoms with E-state index in [9.17, 15) is 8.78 Å². The lowest BCUT2D eigenvalue weighted by Gasteiger charge is -2.20. The van der Waals surface area contributed by atoms with Crippen molar-refractivity contribution in [1.82, 2.24) is 5.32 Å². The number of halogens is 2. The first kappa shape index (κ1) is 14.1. The van der Waals surface area contributed by atoms with Gasteiger partial charge in [-0.05, 0) is 32.5 Å². The second-order valence-electron chi connectivity index (χ2n) is 4.13. The van der Waals surface area contributed by atoms with Gasteiger partial charge < -0.3 is 10.1 Å². The zero-order valence-corrected chi connectivity index (χ0v) is 10.5. The summed E-state index contributed by atoms with van der Waals surface area (Å²) in [4.78, 5) is 0. The first-order valence-electron chi connectivity index (χ1n) is 5.85. The summed E-state index contributed by atoms with van der Waals surface area (Å²) in [6.07, 6.45) is 0.0333. The predicted molar refractivity (Wildman–Crippen MR) is 63.9 cm³/mol. The number of hydrogen-bond acceptors (Lipinski definition) is 2. The summed E-state index contributed by atoms with van der Waals surface area (Å²) in [6.45, 7) is 6.55. The van der Waals surface area contributed by atoms with Gasteiger partial charge >= 0.3 is 0 Å². The quantitative estimate of drug-likeness (QED) is 0.829. The molecule has 17 heavy (non-hydrogen) atoms. The molecule has 0 aromatic heterocycles. The maximum absolute atomic E-state index is 13.6. The molecule has 1 aromatic rings. The van der Waals surface area contributed by atoms with E-state index in [2.05, 4.69) is 5.32 Å². The molecule has 0 radical (unpaired) electrons. The van der Waals surface area contributed by atoms with Crippen LogP contribution >= 0.6 is 0 Å².